The summed E-state index contributed by atoms with van der Waals surface area (Å²) in [6.07, 6.45) is 6.19. The van der Waals surface area contributed by atoms with Crippen LogP contribution in [0.25, 0.3) is 0 Å². The highest BCUT2D eigenvalue weighted by Crippen LogP contribution is 2.65. The van der Waals surface area contributed by atoms with Gasteiger partial charge in [-0.05, 0) is 30.1 Å². The van der Waals surface area contributed by atoms with Crippen molar-refractivity contribution in [3.63, 3.8) is 0 Å². The van der Waals surface area contributed by atoms with Crippen LogP contribution in [0.1, 0.15) is 12.0 Å². The number of rotatable bonds is 3. The minimum Gasteiger partial charge on any atom is -0.507 e. The largest absolute Gasteiger partial charge is 0.507 e. The molecule has 2 amide bonds. The Kier molecular flexibility index (Phi) is 3.05. The Labute approximate surface area is 152 Å². The van der Waals surface area contributed by atoms with E-state index >= 15 is 0 Å². The molecule has 4 aliphatic carbocycles. The van der Waals surface area contributed by atoms with Crippen molar-refractivity contribution in [1.82, 2.24) is 5.01 Å². The molecule has 5 aliphatic rings. The average Bonchev–Trinajstić information content (AvgIpc) is 3.40. The Bertz CT molecular complexity index is 934. The molecule has 1 aromatic carbocycles. The van der Waals surface area contributed by atoms with E-state index in [1.54, 1.807) is 0 Å². The van der Waals surface area contributed by atoms with Crippen molar-refractivity contribution >= 4 is 23.7 Å². The lowest BCUT2D eigenvalue weighted by Gasteiger charge is -2.37. The number of nitrogens with zero attached hydrogens (tertiary/aromatic N) is 3. The summed E-state index contributed by atoms with van der Waals surface area (Å²) in [5.74, 6) is -1.53. The molecule has 6 rings (SSSR count). The van der Waals surface area contributed by atoms with Gasteiger partial charge in [0.1, 0.15) is 5.75 Å². The zero-order chi connectivity index (χ0) is 19.0. The molecule has 2 N–H and O–H groups in total. The molecule has 9 heteroatoms. The summed E-state index contributed by atoms with van der Waals surface area (Å²) in [7, 11) is 0. The lowest BCUT2D eigenvalue weighted by molar-refractivity contribution is -0.385. The minimum atomic E-state index is -0.803. The quantitative estimate of drug-likeness (QED) is 0.272. The van der Waals surface area contributed by atoms with Gasteiger partial charge in [-0.3, -0.25) is 19.7 Å². The van der Waals surface area contributed by atoms with Crippen LogP contribution in [0.15, 0.2) is 29.4 Å². The van der Waals surface area contributed by atoms with Gasteiger partial charge >= 0.3 is 5.69 Å². The highest BCUT2D eigenvalue weighted by molar-refractivity contribution is 6.06. The number of phenolic OH excluding ortho intramolecular Hbond substituents is 2. The van der Waals surface area contributed by atoms with Gasteiger partial charge in [0.05, 0.1) is 23.0 Å². The second-order valence-corrected chi connectivity index (χ2v) is 7.54. The Morgan fingerprint density at radius 1 is 1.07 bits per heavy atom. The molecule has 138 valence electrons. The van der Waals surface area contributed by atoms with Gasteiger partial charge in [-0.2, -0.15) is 10.1 Å². The van der Waals surface area contributed by atoms with E-state index in [4.69, 9.17) is 0 Å². The predicted octanol–water partition coefficient (Wildman–Crippen LogP) is 1.39. The van der Waals surface area contributed by atoms with Crippen LogP contribution >= 0.6 is 0 Å². The van der Waals surface area contributed by atoms with Crippen molar-refractivity contribution in [2.24, 2.45) is 40.6 Å². The molecule has 0 radical (unpaired) electrons. The molecule has 2 saturated carbocycles. The number of aromatic hydroxyl groups is 2. The number of hydrogen-bond acceptors (Lipinski definition) is 7. The Morgan fingerprint density at radius 2 is 1.67 bits per heavy atom. The predicted molar refractivity (Wildman–Crippen MR) is 90.6 cm³/mol. The summed E-state index contributed by atoms with van der Waals surface area (Å²) < 4.78 is 0. The molecule has 1 aromatic rings. The molecular weight excluding hydrogens is 354 g/mol. The van der Waals surface area contributed by atoms with Gasteiger partial charge in [0, 0.05) is 17.7 Å². The lowest BCUT2D eigenvalue weighted by atomic mass is 9.63. The molecular formula is C18H15N3O6. The number of hydrazone groups is 1. The smallest absolute Gasteiger partial charge is 0.311 e. The normalized spacial score (nSPS) is 35.6. The number of benzene rings is 1. The van der Waals surface area contributed by atoms with E-state index < -0.39 is 33.9 Å². The molecule has 0 spiro atoms. The maximum Gasteiger partial charge on any atom is 0.311 e. The Balaban J connectivity index is 1.46. The summed E-state index contributed by atoms with van der Waals surface area (Å²) in [4.78, 5) is 35.7. The molecule has 3 fully saturated rings. The molecule has 1 aliphatic heterocycles. The summed E-state index contributed by atoms with van der Waals surface area (Å²) >= 11 is 0. The molecule has 9 nitrogen and oxygen atoms in total. The van der Waals surface area contributed by atoms with Crippen molar-refractivity contribution in [1.29, 1.82) is 0 Å². The van der Waals surface area contributed by atoms with Crippen LogP contribution in [-0.4, -0.2) is 38.2 Å². The van der Waals surface area contributed by atoms with Crippen molar-refractivity contribution in [3.8, 4) is 11.5 Å². The van der Waals surface area contributed by atoms with E-state index in [2.05, 4.69) is 5.10 Å². The number of imide groups is 1. The highest BCUT2D eigenvalue weighted by atomic mass is 16.6. The standard InChI is InChI=1S/C18H15N3O6/c22-13-5-14(23)12(21(26)27)3-7(13)6-19-20-17(24)15-8-1-2-9(11-4-10(8)11)16(15)18(20)25/h1-3,5-6,8-11,15-16,22-23H,4H2/t8-,9-,10-,11-,15-,16+/m0/s1. The van der Waals surface area contributed by atoms with Crippen LogP contribution in [-0.2, 0) is 9.59 Å². The number of nitro benzene ring substituents is 1. The fourth-order valence-corrected chi connectivity index (χ4v) is 5.01. The third kappa shape index (κ3) is 2.08. The first kappa shape index (κ1) is 16.0. The maximum absolute atomic E-state index is 12.8. The lowest BCUT2D eigenvalue weighted by Crippen LogP contribution is -2.40. The fourth-order valence-electron chi connectivity index (χ4n) is 5.01. The number of carbonyl (C=O) groups is 2. The Hall–Kier alpha value is -3.23. The van der Waals surface area contributed by atoms with E-state index in [9.17, 15) is 29.9 Å². The topological polar surface area (TPSA) is 133 Å². The van der Waals surface area contributed by atoms with Gasteiger partial charge in [0.2, 0.25) is 0 Å². The molecule has 6 atom stereocenters. The van der Waals surface area contributed by atoms with E-state index in [0.717, 1.165) is 29.8 Å². The number of allylic oxidation sites excluding steroid dienone is 2. The monoisotopic (exact) mass is 369 g/mol. The molecule has 0 aromatic heterocycles. The van der Waals surface area contributed by atoms with Gasteiger partial charge in [0.15, 0.2) is 5.75 Å². The highest BCUT2D eigenvalue weighted by Gasteiger charge is 2.67. The van der Waals surface area contributed by atoms with E-state index in [0.29, 0.717) is 11.8 Å². The number of phenols is 2. The van der Waals surface area contributed by atoms with Crippen LogP contribution in [0.5, 0.6) is 11.5 Å². The second-order valence-electron chi connectivity index (χ2n) is 7.54. The molecule has 0 unspecified atom stereocenters. The van der Waals surface area contributed by atoms with E-state index in [1.165, 1.54) is 0 Å². The van der Waals surface area contributed by atoms with Crippen molar-refractivity contribution in [2.45, 2.75) is 6.42 Å². The van der Waals surface area contributed by atoms with Gasteiger partial charge in [-0.1, -0.05) is 12.2 Å². The van der Waals surface area contributed by atoms with Gasteiger partial charge in [-0.25, -0.2) is 0 Å². The average molecular weight is 369 g/mol. The van der Waals surface area contributed by atoms with Crippen LogP contribution in [0.4, 0.5) is 5.69 Å². The number of amides is 2. The van der Waals surface area contributed by atoms with Crippen molar-refractivity contribution in [2.75, 3.05) is 0 Å². The third-order valence-corrected chi connectivity index (χ3v) is 6.27. The van der Waals surface area contributed by atoms with Crippen molar-refractivity contribution < 1.29 is 24.7 Å². The SMILES string of the molecule is O=C1[C@@H]2[C@H]3C=C[C@@H]([C@@H]4C[C@@H]34)[C@@H]2C(=O)N1N=Cc1cc([N+](=O)[O-])c(O)cc1O. The number of hydrogen-bond donors (Lipinski definition) is 2. The van der Waals surface area contributed by atoms with Gasteiger partial charge in [-0.15, -0.1) is 0 Å². The van der Waals surface area contributed by atoms with E-state index in [1.807, 2.05) is 12.2 Å². The van der Waals surface area contributed by atoms with Crippen LogP contribution in [0.3, 0.4) is 0 Å². The summed E-state index contributed by atoms with van der Waals surface area (Å²) in [5.41, 5.74) is -0.678. The van der Waals surface area contributed by atoms with Gasteiger partial charge < -0.3 is 10.2 Å². The number of nitro groups is 1. The zero-order valence-electron chi connectivity index (χ0n) is 13.9. The Morgan fingerprint density at radius 3 is 2.22 bits per heavy atom. The molecule has 2 bridgehead atoms. The molecule has 1 saturated heterocycles. The van der Waals surface area contributed by atoms with Gasteiger partial charge in [0.25, 0.3) is 11.8 Å². The first-order chi connectivity index (χ1) is 12.9. The van der Waals surface area contributed by atoms with Crippen molar-refractivity contribution in [3.05, 3.63) is 40.0 Å². The molecule has 27 heavy (non-hydrogen) atoms. The first-order valence-corrected chi connectivity index (χ1v) is 8.69. The van der Waals surface area contributed by atoms with Crippen LogP contribution in [0.2, 0.25) is 0 Å². The third-order valence-electron chi connectivity index (χ3n) is 6.27. The second kappa shape index (κ2) is 5.15. The van der Waals surface area contributed by atoms with Crippen LogP contribution in [0, 0.1) is 45.6 Å². The summed E-state index contributed by atoms with van der Waals surface area (Å²) in [5, 5.41) is 35.1. The number of carbonyl (C=O) groups excluding carboxylic acids is 2. The summed E-state index contributed by atoms with van der Waals surface area (Å²) in [6, 6.07) is 1.76. The molecule has 1 heterocycles. The van der Waals surface area contributed by atoms with E-state index in [-0.39, 0.29) is 29.2 Å². The van der Waals surface area contributed by atoms with Crippen LogP contribution < -0.4 is 0 Å². The first-order valence-electron chi connectivity index (χ1n) is 8.69. The minimum absolute atomic E-state index is 0.0704. The zero-order valence-corrected chi connectivity index (χ0v) is 13.9. The fraction of sp³-hybridized carbons (Fsp3) is 0.389. The maximum atomic E-state index is 12.8. The summed E-state index contributed by atoms with van der Waals surface area (Å²) in [6.45, 7) is 0.